The number of hydrogen-bond donors (Lipinski definition) is 1. The first-order valence-electron chi connectivity index (χ1n) is 7.60. The lowest BCUT2D eigenvalue weighted by atomic mass is 9.90. The molecule has 4 heteroatoms. The molecule has 0 saturated carbocycles. The van der Waals surface area contributed by atoms with Crippen molar-refractivity contribution in [3.8, 4) is 5.75 Å². The standard InChI is InChI=1S/C17H23NO2.ClH/c18-11-15-3-1-2-14-10-16(4-5-17(14)15)20-12-13-6-8-19-9-7-13;/h3-5,10,13H,1-2,6-9,11-12,18H2;1H. The molecule has 0 amide bonds. The average Bonchev–Trinajstić information content (AvgIpc) is 2.53. The Labute approximate surface area is 132 Å². The molecule has 0 atom stereocenters. The maximum Gasteiger partial charge on any atom is 0.119 e. The zero-order valence-corrected chi connectivity index (χ0v) is 13.2. The number of hydrogen-bond acceptors (Lipinski definition) is 3. The summed E-state index contributed by atoms with van der Waals surface area (Å²) in [6.07, 6.45) is 6.66. The van der Waals surface area contributed by atoms with E-state index in [0.29, 0.717) is 12.5 Å². The van der Waals surface area contributed by atoms with Crippen LogP contribution in [0.25, 0.3) is 5.57 Å². The molecule has 1 fully saturated rings. The van der Waals surface area contributed by atoms with Crippen LogP contribution in [0.2, 0.25) is 0 Å². The van der Waals surface area contributed by atoms with Crippen molar-refractivity contribution < 1.29 is 9.47 Å². The molecule has 0 unspecified atom stereocenters. The van der Waals surface area contributed by atoms with Gasteiger partial charge in [0.2, 0.25) is 0 Å². The second-order valence-corrected chi connectivity index (χ2v) is 5.66. The van der Waals surface area contributed by atoms with Crippen LogP contribution in [0, 0.1) is 5.92 Å². The molecule has 1 aromatic rings. The summed E-state index contributed by atoms with van der Waals surface area (Å²) in [4.78, 5) is 0. The van der Waals surface area contributed by atoms with Crippen LogP contribution in [0.1, 0.15) is 30.4 Å². The van der Waals surface area contributed by atoms with E-state index in [2.05, 4.69) is 24.3 Å². The molecule has 1 saturated heterocycles. The highest BCUT2D eigenvalue weighted by Gasteiger charge is 2.16. The van der Waals surface area contributed by atoms with Crippen molar-refractivity contribution in [1.82, 2.24) is 0 Å². The molecule has 3 nitrogen and oxygen atoms in total. The number of nitrogens with two attached hydrogens (primary N) is 1. The molecular weight excluding hydrogens is 286 g/mol. The van der Waals surface area contributed by atoms with Crippen LogP contribution < -0.4 is 10.5 Å². The monoisotopic (exact) mass is 309 g/mol. The van der Waals surface area contributed by atoms with Crippen LogP contribution in [0.3, 0.4) is 0 Å². The summed E-state index contributed by atoms with van der Waals surface area (Å²) in [5.74, 6) is 1.63. The Kier molecular flexibility index (Phi) is 6.09. The van der Waals surface area contributed by atoms with E-state index in [1.807, 2.05) is 0 Å². The summed E-state index contributed by atoms with van der Waals surface area (Å²) in [7, 11) is 0. The number of allylic oxidation sites excluding steroid dienone is 1. The topological polar surface area (TPSA) is 44.5 Å². The Hall–Kier alpha value is -1.03. The summed E-state index contributed by atoms with van der Waals surface area (Å²) in [6.45, 7) is 3.18. The molecule has 2 N–H and O–H groups in total. The molecule has 0 bridgehead atoms. The molecule has 2 aliphatic rings. The molecule has 1 aliphatic heterocycles. The van der Waals surface area contributed by atoms with Gasteiger partial charge in [0.1, 0.15) is 5.75 Å². The number of halogens is 1. The van der Waals surface area contributed by atoms with Gasteiger partial charge in [-0.1, -0.05) is 12.1 Å². The molecule has 0 radical (unpaired) electrons. The molecule has 1 heterocycles. The summed E-state index contributed by atoms with van der Waals surface area (Å²) in [6, 6.07) is 6.43. The highest BCUT2D eigenvalue weighted by molar-refractivity contribution is 5.85. The normalized spacial score (nSPS) is 18.4. The average molecular weight is 310 g/mol. The SMILES string of the molecule is Cl.NCC1=CCCc2cc(OCC3CCOCC3)ccc21. The van der Waals surface area contributed by atoms with Crippen LogP contribution in [0.5, 0.6) is 5.75 Å². The second-order valence-electron chi connectivity index (χ2n) is 5.66. The summed E-state index contributed by atoms with van der Waals surface area (Å²) in [5, 5.41) is 0. The molecule has 1 aliphatic carbocycles. The van der Waals surface area contributed by atoms with Crippen molar-refractivity contribution in [2.75, 3.05) is 26.4 Å². The zero-order chi connectivity index (χ0) is 13.8. The van der Waals surface area contributed by atoms with Gasteiger partial charge < -0.3 is 15.2 Å². The van der Waals surface area contributed by atoms with E-state index in [1.165, 1.54) is 16.7 Å². The minimum absolute atomic E-state index is 0. The summed E-state index contributed by atoms with van der Waals surface area (Å²) in [5.41, 5.74) is 9.74. The Balaban J connectivity index is 0.00000161. The third-order valence-corrected chi connectivity index (χ3v) is 4.27. The first-order valence-corrected chi connectivity index (χ1v) is 7.60. The minimum Gasteiger partial charge on any atom is -0.493 e. The number of aryl methyl sites for hydroxylation is 1. The largest absolute Gasteiger partial charge is 0.493 e. The fraction of sp³-hybridized carbons (Fsp3) is 0.529. The fourth-order valence-corrected chi connectivity index (χ4v) is 3.01. The van der Waals surface area contributed by atoms with Gasteiger partial charge in [-0.2, -0.15) is 0 Å². The minimum atomic E-state index is 0. The quantitative estimate of drug-likeness (QED) is 0.929. The van der Waals surface area contributed by atoms with Gasteiger partial charge in [0.05, 0.1) is 6.61 Å². The third kappa shape index (κ3) is 4.00. The predicted molar refractivity (Wildman–Crippen MR) is 88.1 cm³/mol. The number of rotatable bonds is 4. The molecule has 3 rings (SSSR count). The van der Waals surface area contributed by atoms with Crippen molar-refractivity contribution in [2.24, 2.45) is 11.7 Å². The molecule has 0 aromatic heterocycles. The highest BCUT2D eigenvalue weighted by atomic mass is 35.5. The number of ether oxygens (including phenoxy) is 2. The van der Waals surface area contributed by atoms with Gasteiger partial charge in [-0.15, -0.1) is 12.4 Å². The van der Waals surface area contributed by atoms with Crippen LogP contribution in [-0.4, -0.2) is 26.4 Å². The van der Waals surface area contributed by atoms with Crippen molar-refractivity contribution in [3.05, 3.63) is 35.4 Å². The Morgan fingerprint density at radius 3 is 2.81 bits per heavy atom. The molecule has 116 valence electrons. The molecule has 1 aromatic carbocycles. The van der Waals surface area contributed by atoms with Gasteiger partial charge in [-0.3, -0.25) is 0 Å². The van der Waals surface area contributed by atoms with Crippen LogP contribution in [0.15, 0.2) is 24.3 Å². The summed E-state index contributed by atoms with van der Waals surface area (Å²) >= 11 is 0. The van der Waals surface area contributed by atoms with Gasteiger partial charge in [0.25, 0.3) is 0 Å². The van der Waals surface area contributed by atoms with Crippen molar-refractivity contribution in [1.29, 1.82) is 0 Å². The van der Waals surface area contributed by atoms with E-state index in [9.17, 15) is 0 Å². The van der Waals surface area contributed by atoms with Crippen molar-refractivity contribution in [3.63, 3.8) is 0 Å². The third-order valence-electron chi connectivity index (χ3n) is 4.27. The summed E-state index contributed by atoms with van der Waals surface area (Å²) < 4.78 is 11.4. The number of benzene rings is 1. The highest BCUT2D eigenvalue weighted by Crippen LogP contribution is 2.29. The Morgan fingerprint density at radius 2 is 2.05 bits per heavy atom. The maximum atomic E-state index is 5.97. The van der Waals surface area contributed by atoms with E-state index < -0.39 is 0 Å². The zero-order valence-electron chi connectivity index (χ0n) is 12.3. The van der Waals surface area contributed by atoms with Gasteiger partial charge in [-0.05, 0) is 60.4 Å². The molecule has 0 spiro atoms. The van der Waals surface area contributed by atoms with Gasteiger partial charge in [0, 0.05) is 19.8 Å². The lowest BCUT2D eigenvalue weighted by Gasteiger charge is -2.23. The Bertz CT molecular complexity index is 496. The second kappa shape index (κ2) is 7.83. The molecule has 21 heavy (non-hydrogen) atoms. The van der Waals surface area contributed by atoms with Crippen LogP contribution >= 0.6 is 12.4 Å². The lowest BCUT2D eigenvalue weighted by molar-refractivity contribution is 0.0497. The van der Waals surface area contributed by atoms with Crippen molar-refractivity contribution >= 4 is 18.0 Å². The smallest absolute Gasteiger partial charge is 0.119 e. The van der Waals surface area contributed by atoms with Gasteiger partial charge >= 0.3 is 0 Å². The first kappa shape index (κ1) is 16.3. The fourth-order valence-electron chi connectivity index (χ4n) is 3.01. The number of fused-ring (bicyclic) bond motifs is 1. The van der Waals surface area contributed by atoms with Crippen molar-refractivity contribution in [2.45, 2.75) is 25.7 Å². The maximum absolute atomic E-state index is 5.97. The van der Waals surface area contributed by atoms with Gasteiger partial charge in [0.15, 0.2) is 0 Å². The van der Waals surface area contributed by atoms with E-state index in [0.717, 1.165) is 51.3 Å². The van der Waals surface area contributed by atoms with Crippen LogP contribution in [-0.2, 0) is 11.2 Å². The van der Waals surface area contributed by atoms with E-state index in [-0.39, 0.29) is 12.4 Å². The van der Waals surface area contributed by atoms with Gasteiger partial charge in [-0.25, -0.2) is 0 Å². The Morgan fingerprint density at radius 1 is 1.24 bits per heavy atom. The van der Waals surface area contributed by atoms with E-state index in [1.54, 1.807) is 0 Å². The molecular formula is C17H24ClNO2. The lowest BCUT2D eigenvalue weighted by Crippen LogP contribution is -2.21. The first-order chi connectivity index (χ1) is 9.86. The van der Waals surface area contributed by atoms with Crippen LogP contribution in [0.4, 0.5) is 0 Å². The van der Waals surface area contributed by atoms with E-state index >= 15 is 0 Å². The predicted octanol–water partition coefficient (Wildman–Crippen LogP) is 3.20. The van der Waals surface area contributed by atoms with E-state index in [4.69, 9.17) is 15.2 Å².